The van der Waals surface area contributed by atoms with Crippen molar-refractivity contribution in [3.63, 3.8) is 0 Å². The summed E-state index contributed by atoms with van der Waals surface area (Å²) in [7, 11) is -0.770. The van der Waals surface area contributed by atoms with E-state index in [0.717, 1.165) is 25.8 Å². The Morgan fingerprint density at radius 1 is 1.10 bits per heavy atom. The van der Waals surface area contributed by atoms with Crippen LogP contribution in [0.4, 0.5) is 0 Å². The van der Waals surface area contributed by atoms with E-state index in [9.17, 15) is 4.21 Å². The van der Waals surface area contributed by atoms with Crippen LogP contribution in [0.3, 0.4) is 0 Å². The molecule has 0 aliphatic rings. The van der Waals surface area contributed by atoms with Gasteiger partial charge in [-0.05, 0) is 36.9 Å². The van der Waals surface area contributed by atoms with Gasteiger partial charge in [0.2, 0.25) is 0 Å². The van der Waals surface area contributed by atoms with Gasteiger partial charge < -0.3 is 5.32 Å². The molecule has 1 rings (SSSR count). The van der Waals surface area contributed by atoms with Crippen LogP contribution in [0.25, 0.3) is 0 Å². The maximum absolute atomic E-state index is 12.4. The number of nitrogens with one attached hydrogen (secondary N) is 1. The highest BCUT2D eigenvalue weighted by Gasteiger charge is 2.17. The first-order chi connectivity index (χ1) is 10.1. The zero-order valence-corrected chi connectivity index (χ0v) is 14.8. The molecule has 0 radical (unpaired) electrons. The van der Waals surface area contributed by atoms with Gasteiger partial charge in [0.15, 0.2) is 0 Å². The summed E-state index contributed by atoms with van der Waals surface area (Å²) in [5.41, 5.74) is 2.65. The molecule has 0 bridgehead atoms. The van der Waals surface area contributed by atoms with Crippen molar-refractivity contribution in [2.75, 3.05) is 12.3 Å². The van der Waals surface area contributed by atoms with Crippen molar-refractivity contribution < 1.29 is 4.21 Å². The van der Waals surface area contributed by atoms with Gasteiger partial charge in [-0.15, -0.1) is 0 Å². The normalized spacial score (nSPS) is 15.6. The Morgan fingerprint density at radius 3 is 2.29 bits per heavy atom. The van der Waals surface area contributed by atoms with Gasteiger partial charge in [0, 0.05) is 27.8 Å². The molecule has 1 aromatic rings. The first kappa shape index (κ1) is 18.4. The molecule has 0 amide bonds. The molecule has 0 saturated heterocycles. The van der Waals surface area contributed by atoms with E-state index in [4.69, 9.17) is 0 Å². The number of hydrogen-bond acceptors (Lipinski definition) is 2. The molecule has 120 valence electrons. The van der Waals surface area contributed by atoms with Gasteiger partial charge in [0.05, 0.1) is 0 Å². The molecule has 3 unspecified atom stereocenters. The average Bonchev–Trinajstić information content (AvgIpc) is 2.51. The molecule has 0 saturated carbocycles. The summed E-state index contributed by atoms with van der Waals surface area (Å²) < 4.78 is 12.4. The Hall–Kier alpha value is -0.670. The zero-order chi connectivity index (χ0) is 15.7. The second kappa shape index (κ2) is 10.1. The molecular weight excluding hydrogens is 278 g/mol. The SMILES string of the molecule is CCCNC(CS(=O)C(C)CC)c1ccc(CCC)cc1. The van der Waals surface area contributed by atoms with Crippen LogP contribution in [0.15, 0.2) is 24.3 Å². The molecule has 0 spiro atoms. The topological polar surface area (TPSA) is 29.1 Å². The highest BCUT2D eigenvalue weighted by molar-refractivity contribution is 7.85. The summed E-state index contributed by atoms with van der Waals surface area (Å²) in [4.78, 5) is 0. The van der Waals surface area contributed by atoms with Crippen molar-refractivity contribution in [3.05, 3.63) is 35.4 Å². The lowest BCUT2D eigenvalue weighted by Gasteiger charge is -2.21. The van der Waals surface area contributed by atoms with Gasteiger partial charge >= 0.3 is 0 Å². The minimum absolute atomic E-state index is 0.204. The molecule has 1 N–H and O–H groups in total. The maximum Gasteiger partial charge on any atom is 0.0436 e. The molecule has 0 fully saturated rings. The molecule has 0 heterocycles. The van der Waals surface area contributed by atoms with Gasteiger partial charge in [0.1, 0.15) is 0 Å². The van der Waals surface area contributed by atoms with E-state index in [1.165, 1.54) is 17.5 Å². The standard InChI is InChI=1S/C18H31NOS/c1-5-8-16-9-11-17(12-10-16)18(19-13-6-2)14-21(20)15(4)7-3/h9-12,15,18-19H,5-8,13-14H2,1-4H3. The quantitative estimate of drug-likeness (QED) is 0.701. The lowest BCUT2D eigenvalue weighted by molar-refractivity contribution is 0.567. The predicted octanol–water partition coefficient (Wildman–Crippen LogP) is 4.23. The van der Waals surface area contributed by atoms with Gasteiger partial charge in [0.25, 0.3) is 0 Å². The fourth-order valence-electron chi connectivity index (χ4n) is 2.31. The molecular formula is C18H31NOS. The molecule has 0 aromatic heterocycles. The van der Waals surface area contributed by atoms with Crippen molar-refractivity contribution in [3.8, 4) is 0 Å². The first-order valence-electron chi connectivity index (χ1n) is 8.31. The van der Waals surface area contributed by atoms with E-state index in [1.54, 1.807) is 0 Å². The van der Waals surface area contributed by atoms with Gasteiger partial charge in [-0.2, -0.15) is 0 Å². The summed E-state index contributed by atoms with van der Waals surface area (Å²) in [5.74, 6) is 0.710. The van der Waals surface area contributed by atoms with Crippen LogP contribution in [-0.4, -0.2) is 21.8 Å². The van der Waals surface area contributed by atoms with E-state index in [-0.39, 0.29) is 11.3 Å². The summed E-state index contributed by atoms with van der Waals surface area (Å²) in [6, 6.07) is 9.03. The number of aryl methyl sites for hydroxylation is 1. The van der Waals surface area contributed by atoms with Crippen LogP contribution in [0, 0.1) is 0 Å². The van der Waals surface area contributed by atoms with E-state index in [0.29, 0.717) is 5.75 Å². The lowest BCUT2D eigenvalue weighted by atomic mass is 10.0. The summed E-state index contributed by atoms with van der Waals surface area (Å²) in [6.07, 6.45) is 4.38. The van der Waals surface area contributed by atoms with E-state index >= 15 is 0 Å². The first-order valence-corrected chi connectivity index (χ1v) is 9.69. The Labute approximate surface area is 133 Å². The van der Waals surface area contributed by atoms with Crippen LogP contribution in [-0.2, 0) is 17.2 Å². The molecule has 2 nitrogen and oxygen atoms in total. The molecule has 1 aromatic carbocycles. The van der Waals surface area contributed by atoms with Crippen LogP contribution in [0.1, 0.15) is 64.1 Å². The van der Waals surface area contributed by atoms with Crippen LogP contribution in [0.5, 0.6) is 0 Å². The summed E-state index contributed by atoms with van der Waals surface area (Å²) in [6.45, 7) is 9.53. The molecule has 0 aliphatic heterocycles. The maximum atomic E-state index is 12.4. The van der Waals surface area contributed by atoms with Crippen LogP contribution >= 0.6 is 0 Å². The fraction of sp³-hybridized carbons (Fsp3) is 0.667. The largest absolute Gasteiger partial charge is 0.309 e. The van der Waals surface area contributed by atoms with E-state index in [2.05, 4.69) is 57.3 Å². The second-order valence-corrected chi connectivity index (χ2v) is 7.66. The zero-order valence-electron chi connectivity index (χ0n) is 14.0. The smallest absolute Gasteiger partial charge is 0.0436 e. The number of rotatable bonds is 10. The van der Waals surface area contributed by atoms with Crippen LogP contribution in [0.2, 0.25) is 0 Å². The summed E-state index contributed by atoms with van der Waals surface area (Å²) >= 11 is 0. The summed E-state index contributed by atoms with van der Waals surface area (Å²) in [5, 5.41) is 3.83. The molecule has 0 aliphatic carbocycles. The lowest BCUT2D eigenvalue weighted by Crippen LogP contribution is -2.29. The van der Waals surface area contributed by atoms with Crippen molar-refractivity contribution >= 4 is 10.8 Å². The minimum Gasteiger partial charge on any atom is -0.309 e. The highest BCUT2D eigenvalue weighted by atomic mass is 32.2. The van der Waals surface area contributed by atoms with Gasteiger partial charge in [-0.25, -0.2) is 0 Å². The Kier molecular flexibility index (Phi) is 8.86. The predicted molar refractivity (Wildman–Crippen MR) is 94.2 cm³/mol. The number of benzene rings is 1. The minimum atomic E-state index is -0.770. The van der Waals surface area contributed by atoms with Crippen molar-refractivity contribution in [2.24, 2.45) is 0 Å². The Balaban J connectivity index is 2.78. The molecule has 3 heteroatoms. The van der Waals surface area contributed by atoms with Crippen molar-refractivity contribution in [1.82, 2.24) is 5.32 Å². The van der Waals surface area contributed by atoms with Crippen molar-refractivity contribution in [2.45, 2.75) is 64.7 Å². The third kappa shape index (κ3) is 6.31. The monoisotopic (exact) mass is 309 g/mol. The molecule has 3 atom stereocenters. The fourth-order valence-corrected chi connectivity index (χ4v) is 3.65. The third-order valence-electron chi connectivity index (χ3n) is 3.92. The molecule has 21 heavy (non-hydrogen) atoms. The second-order valence-electron chi connectivity index (χ2n) is 5.76. The average molecular weight is 310 g/mol. The third-order valence-corrected chi connectivity index (χ3v) is 5.81. The van der Waals surface area contributed by atoms with E-state index in [1.807, 2.05) is 0 Å². The number of hydrogen-bond donors (Lipinski definition) is 1. The Bertz CT molecular complexity index is 416. The van der Waals surface area contributed by atoms with Crippen molar-refractivity contribution in [1.29, 1.82) is 0 Å². The highest BCUT2D eigenvalue weighted by Crippen LogP contribution is 2.18. The Morgan fingerprint density at radius 2 is 1.76 bits per heavy atom. The van der Waals surface area contributed by atoms with E-state index < -0.39 is 10.8 Å². The van der Waals surface area contributed by atoms with Gasteiger partial charge in [-0.3, -0.25) is 4.21 Å². The van der Waals surface area contributed by atoms with Gasteiger partial charge in [-0.1, -0.05) is 58.4 Å². The van der Waals surface area contributed by atoms with Crippen LogP contribution < -0.4 is 5.32 Å².